The lowest BCUT2D eigenvalue weighted by molar-refractivity contribution is -0.114. The van der Waals surface area contributed by atoms with Gasteiger partial charge in [0.25, 0.3) is 0 Å². The second-order valence-electron chi connectivity index (χ2n) is 3.98. The molecule has 2 aromatic heterocycles. The third-order valence-corrected chi connectivity index (χ3v) is 3.23. The summed E-state index contributed by atoms with van der Waals surface area (Å²) in [5.41, 5.74) is 1.64. The van der Waals surface area contributed by atoms with Gasteiger partial charge in [0.15, 0.2) is 10.9 Å². The molecule has 0 spiro atoms. The van der Waals surface area contributed by atoms with E-state index in [-0.39, 0.29) is 5.91 Å². The maximum Gasteiger partial charge on any atom is 0.221 e. The van der Waals surface area contributed by atoms with E-state index in [1.807, 2.05) is 23.6 Å². The molecule has 6 nitrogen and oxygen atoms in total. The number of amides is 1. The number of carbonyl (C=O) groups excluding carboxylic acids is 1. The molecule has 0 saturated carbocycles. The molecule has 0 radical (unpaired) electrons. The highest BCUT2D eigenvalue weighted by molar-refractivity contribution is 7.13. The first-order valence-corrected chi connectivity index (χ1v) is 6.52. The molecule has 0 unspecified atom stereocenters. The average molecular weight is 273 g/mol. The molecular formula is C12H11N5OS. The van der Waals surface area contributed by atoms with Crippen molar-refractivity contribution in [2.75, 3.05) is 10.6 Å². The molecule has 2 heterocycles. The third kappa shape index (κ3) is 2.41. The van der Waals surface area contributed by atoms with Crippen molar-refractivity contribution >= 4 is 44.8 Å². The van der Waals surface area contributed by atoms with E-state index in [4.69, 9.17) is 0 Å². The van der Waals surface area contributed by atoms with Gasteiger partial charge in [-0.25, -0.2) is 4.98 Å². The summed E-state index contributed by atoms with van der Waals surface area (Å²) in [4.78, 5) is 15.2. The van der Waals surface area contributed by atoms with Crippen molar-refractivity contribution in [1.82, 2.24) is 15.2 Å². The van der Waals surface area contributed by atoms with Crippen LogP contribution in [0.25, 0.3) is 10.9 Å². The number of carbonyl (C=O) groups is 1. The van der Waals surface area contributed by atoms with Gasteiger partial charge in [0, 0.05) is 29.6 Å². The van der Waals surface area contributed by atoms with E-state index >= 15 is 0 Å². The van der Waals surface area contributed by atoms with Crippen molar-refractivity contribution in [3.63, 3.8) is 0 Å². The van der Waals surface area contributed by atoms with E-state index in [2.05, 4.69) is 25.8 Å². The van der Waals surface area contributed by atoms with E-state index < -0.39 is 0 Å². The molecule has 0 bridgehead atoms. The standard InChI is InChI=1S/C12H11N5OS/c1-7(18)14-8-2-3-10-9(6-8)11(17-16-10)15-12-13-4-5-19-12/h2-6H,1H3,(H,14,18)(H2,13,15,16,17). The Kier molecular flexibility index (Phi) is 2.88. The minimum Gasteiger partial charge on any atom is -0.326 e. The molecule has 3 rings (SSSR count). The average Bonchev–Trinajstić information content (AvgIpc) is 3.00. The second-order valence-corrected chi connectivity index (χ2v) is 4.87. The Balaban J connectivity index is 1.98. The van der Waals surface area contributed by atoms with E-state index in [9.17, 15) is 4.79 Å². The zero-order chi connectivity index (χ0) is 13.2. The summed E-state index contributed by atoms with van der Waals surface area (Å²) in [6, 6.07) is 5.58. The SMILES string of the molecule is CC(=O)Nc1ccc2[nH]nc(Nc3nccs3)c2c1. The largest absolute Gasteiger partial charge is 0.326 e. The number of rotatable bonds is 3. The number of benzene rings is 1. The minimum atomic E-state index is -0.0997. The van der Waals surface area contributed by atoms with Gasteiger partial charge in [0.05, 0.1) is 5.52 Å². The number of hydrogen-bond acceptors (Lipinski definition) is 5. The Morgan fingerprint density at radius 3 is 3.05 bits per heavy atom. The van der Waals surface area contributed by atoms with Crippen LogP contribution in [0.15, 0.2) is 29.8 Å². The summed E-state index contributed by atoms with van der Waals surface area (Å²) in [6.45, 7) is 1.48. The summed E-state index contributed by atoms with van der Waals surface area (Å²) >= 11 is 1.50. The molecule has 0 atom stereocenters. The summed E-state index contributed by atoms with van der Waals surface area (Å²) < 4.78 is 0. The molecule has 0 aliphatic carbocycles. The van der Waals surface area contributed by atoms with Crippen LogP contribution in [-0.4, -0.2) is 21.1 Å². The maximum absolute atomic E-state index is 11.1. The van der Waals surface area contributed by atoms with Gasteiger partial charge in [-0.3, -0.25) is 9.89 Å². The smallest absolute Gasteiger partial charge is 0.221 e. The van der Waals surface area contributed by atoms with Crippen LogP contribution in [0, 0.1) is 0 Å². The minimum absolute atomic E-state index is 0.0997. The number of nitrogens with one attached hydrogen (secondary N) is 3. The van der Waals surface area contributed by atoms with Crippen molar-refractivity contribution in [3.05, 3.63) is 29.8 Å². The van der Waals surface area contributed by atoms with Crippen LogP contribution in [0.2, 0.25) is 0 Å². The van der Waals surface area contributed by atoms with Gasteiger partial charge < -0.3 is 10.6 Å². The van der Waals surface area contributed by atoms with Crippen LogP contribution in [0.1, 0.15) is 6.92 Å². The van der Waals surface area contributed by atoms with Gasteiger partial charge in [-0.1, -0.05) is 0 Å². The molecule has 3 N–H and O–H groups in total. The number of nitrogens with zero attached hydrogens (tertiary/aromatic N) is 2. The van der Waals surface area contributed by atoms with E-state index in [1.54, 1.807) is 6.20 Å². The highest BCUT2D eigenvalue weighted by atomic mass is 32.1. The fourth-order valence-corrected chi connectivity index (χ4v) is 2.30. The highest BCUT2D eigenvalue weighted by Crippen LogP contribution is 2.27. The third-order valence-electron chi connectivity index (χ3n) is 2.54. The Morgan fingerprint density at radius 1 is 1.42 bits per heavy atom. The quantitative estimate of drug-likeness (QED) is 0.685. The number of aromatic amines is 1. The first kappa shape index (κ1) is 11.7. The molecule has 0 fully saturated rings. The Morgan fingerprint density at radius 2 is 2.32 bits per heavy atom. The van der Waals surface area contributed by atoms with Crippen molar-refractivity contribution in [2.45, 2.75) is 6.92 Å². The molecule has 19 heavy (non-hydrogen) atoms. The normalized spacial score (nSPS) is 10.6. The van der Waals surface area contributed by atoms with E-state index in [0.29, 0.717) is 5.82 Å². The van der Waals surface area contributed by atoms with Gasteiger partial charge in [0.1, 0.15) is 0 Å². The molecule has 3 aromatic rings. The summed E-state index contributed by atoms with van der Waals surface area (Å²) in [5.74, 6) is 0.592. The zero-order valence-corrected chi connectivity index (χ0v) is 10.9. The number of fused-ring (bicyclic) bond motifs is 1. The van der Waals surface area contributed by atoms with Crippen molar-refractivity contribution in [3.8, 4) is 0 Å². The van der Waals surface area contributed by atoms with Gasteiger partial charge >= 0.3 is 0 Å². The number of aromatic nitrogens is 3. The van der Waals surface area contributed by atoms with Gasteiger partial charge in [-0.15, -0.1) is 11.3 Å². The van der Waals surface area contributed by atoms with Crippen LogP contribution in [0.4, 0.5) is 16.6 Å². The van der Waals surface area contributed by atoms with Gasteiger partial charge in [-0.2, -0.15) is 5.10 Å². The first-order valence-electron chi connectivity index (χ1n) is 5.64. The number of thiazole rings is 1. The van der Waals surface area contributed by atoms with Gasteiger partial charge in [0.2, 0.25) is 5.91 Å². The predicted molar refractivity (Wildman–Crippen MR) is 75.8 cm³/mol. The number of hydrogen-bond donors (Lipinski definition) is 3. The molecule has 1 amide bonds. The maximum atomic E-state index is 11.1. The lowest BCUT2D eigenvalue weighted by Gasteiger charge is -2.02. The van der Waals surface area contributed by atoms with Crippen molar-refractivity contribution < 1.29 is 4.79 Å². The number of anilines is 3. The summed E-state index contributed by atoms with van der Waals surface area (Å²) in [6.07, 6.45) is 1.73. The fourth-order valence-electron chi connectivity index (χ4n) is 1.78. The monoisotopic (exact) mass is 273 g/mol. The van der Waals surface area contributed by atoms with Crippen LogP contribution >= 0.6 is 11.3 Å². The number of H-pyrrole nitrogens is 1. The molecular weight excluding hydrogens is 262 g/mol. The van der Waals surface area contributed by atoms with Crippen LogP contribution in [-0.2, 0) is 4.79 Å². The Bertz CT molecular complexity index is 719. The van der Waals surface area contributed by atoms with E-state index in [0.717, 1.165) is 21.7 Å². The van der Waals surface area contributed by atoms with Crippen molar-refractivity contribution in [1.29, 1.82) is 0 Å². The molecule has 0 aliphatic rings. The zero-order valence-electron chi connectivity index (χ0n) is 10.1. The molecule has 0 saturated heterocycles. The Labute approximate surface area is 112 Å². The first-order chi connectivity index (χ1) is 9.22. The second kappa shape index (κ2) is 4.69. The summed E-state index contributed by atoms with van der Waals surface area (Å²) in [7, 11) is 0. The lowest BCUT2D eigenvalue weighted by Crippen LogP contribution is -2.05. The predicted octanol–water partition coefficient (Wildman–Crippen LogP) is 2.72. The molecule has 7 heteroatoms. The lowest BCUT2D eigenvalue weighted by atomic mass is 10.2. The van der Waals surface area contributed by atoms with Crippen LogP contribution in [0.3, 0.4) is 0 Å². The molecule has 0 aliphatic heterocycles. The van der Waals surface area contributed by atoms with Crippen molar-refractivity contribution in [2.24, 2.45) is 0 Å². The Hall–Kier alpha value is -2.41. The molecule has 1 aromatic carbocycles. The fraction of sp³-hybridized carbons (Fsp3) is 0.0833. The molecule has 96 valence electrons. The summed E-state index contributed by atoms with van der Waals surface area (Å²) in [5, 5.41) is 16.6. The van der Waals surface area contributed by atoms with Gasteiger partial charge in [-0.05, 0) is 18.2 Å². The van der Waals surface area contributed by atoms with Crippen LogP contribution < -0.4 is 10.6 Å². The van der Waals surface area contributed by atoms with E-state index in [1.165, 1.54) is 18.3 Å². The van der Waals surface area contributed by atoms with Crippen LogP contribution in [0.5, 0.6) is 0 Å². The highest BCUT2D eigenvalue weighted by Gasteiger charge is 2.08. The topological polar surface area (TPSA) is 82.7 Å².